The van der Waals surface area contributed by atoms with Crippen LogP contribution in [-0.4, -0.2) is 34.1 Å². The van der Waals surface area contributed by atoms with Crippen molar-refractivity contribution in [2.24, 2.45) is 11.8 Å². The standard InChI is InChI=1S/C33H33ClN8/c1-3-20-16-37-32-24(30(20)39-28(4-2)21-9-6-5-7-10-21)13-23(14-27(32)34)38-31(22-11-8-12-35-15-22)29-19-42(41-40-29)33-25-17-36-18-26(25)33/h1,5-16,19,25-26,28,31,33,36,38,40-41H,4,17-18H2,2H3,(H,37,39)/t25-,26+,28-,31+,33?/m1/s1. The van der Waals surface area contributed by atoms with Crippen molar-refractivity contribution in [3.63, 3.8) is 0 Å². The van der Waals surface area contributed by atoms with E-state index in [4.69, 9.17) is 18.0 Å². The lowest BCUT2D eigenvalue weighted by atomic mass is 10.0. The molecule has 212 valence electrons. The smallest absolute Gasteiger partial charge is 0.0959 e. The molecule has 2 aliphatic heterocycles. The molecule has 1 saturated carbocycles. The van der Waals surface area contributed by atoms with Crippen molar-refractivity contribution in [1.29, 1.82) is 0 Å². The number of nitrogens with zero attached hydrogens (tertiary/aromatic N) is 3. The van der Waals surface area contributed by atoms with Gasteiger partial charge in [0, 0.05) is 49.0 Å². The molecule has 3 aliphatic rings. The second kappa shape index (κ2) is 11.2. The number of piperidine rings is 1. The zero-order chi connectivity index (χ0) is 28.6. The van der Waals surface area contributed by atoms with E-state index in [0.717, 1.165) is 47.5 Å². The maximum atomic E-state index is 6.88. The van der Waals surface area contributed by atoms with Gasteiger partial charge in [-0.2, -0.15) is 0 Å². The van der Waals surface area contributed by atoms with Crippen LogP contribution in [0, 0.1) is 24.2 Å². The zero-order valence-corrected chi connectivity index (χ0v) is 24.1. The Kier molecular flexibility index (Phi) is 7.08. The van der Waals surface area contributed by atoms with Gasteiger partial charge in [-0.3, -0.25) is 15.0 Å². The third-order valence-corrected chi connectivity index (χ3v) is 8.91. The number of halogens is 1. The quantitative estimate of drug-likeness (QED) is 0.170. The summed E-state index contributed by atoms with van der Waals surface area (Å²) in [4.78, 5) is 9.04. The highest BCUT2D eigenvalue weighted by atomic mass is 35.5. The normalized spacial score (nSPS) is 22.1. The number of rotatable bonds is 9. The summed E-state index contributed by atoms with van der Waals surface area (Å²) >= 11 is 6.88. The first-order valence-electron chi connectivity index (χ1n) is 14.4. The first kappa shape index (κ1) is 26.6. The van der Waals surface area contributed by atoms with Crippen molar-refractivity contribution < 1.29 is 0 Å². The number of aromatic nitrogens is 2. The van der Waals surface area contributed by atoms with Crippen LogP contribution in [0.25, 0.3) is 10.9 Å². The average molecular weight is 577 g/mol. The SMILES string of the molecule is C#Cc1cnc2c(Cl)cc(N[C@H](C3=CN(C4[C@H]5CNC[C@@H]45)NN3)c3cccnc3)cc2c1N[C@H](CC)c1ccccc1. The van der Waals surface area contributed by atoms with Gasteiger partial charge in [0.25, 0.3) is 0 Å². The summed E-state index contributed by atoms with van der Waals surface area (Å²) in [6.45, 7) is 4.31. The summed E-state index contributed by atoms with van der Waals surface area (Å²) < 4.78 is 0. The highest BCUT2D eigenvalue weighted by Gasteiger charge is 2.56. The van der Waals surface area contributed by atoms with Gasteiger partial charge >= 0.3 is 0 Å². The Balaban J connectivity index is 1.25. The van der Waals surface area contributed by atoms with E-state index in [0.29, 0.717) is 34.0 Å². The number of hydrogen-bond donors (Lipinski definition) is 5. The molecule has 4 aromatic rings. The molecule has 0 radical (unpaired) electrons. The lowest BCUT2D eigenvalue weighted by Gasteiger charge is -2.23. The van der Waals surface area contributed by atoms with Gasteiger partial charge in [0.1, 0.15) is 0 Å². The van der Waals surface area contributed by atoms with Gasteiger partial charge in [0.2, 0.25) is 0 Å². The van der Waals surface area contributed by atoms with E-state index in [1.807, 2.05) is 24.4 Å². The van der Waals surface area contributed by atoms with E-state index in [9.17, 15) is 0 Å². The highest BCUT2D eigenvalue weighted by Crippen LogP contribution is 2.46. The van der Waals surface area contributed by atoms with Crippen LogP contribution < -0.4 is 26.9 Å². The lowest BCUT2D eigenvalue weighted by Crippen LogP contribution is -2.41. The predicted octanol–water partition coefficient (Wildman–Crippen LogP) is 5.36. The van der Waals surface area contributed by atoms with Crippen LogP contribution in [0.15, 0.2) is 85.1 Å². The Morgan fingerprint density at radius 2 is 1.88 bits per heavy atom. The van der Waals surface area contributed by atoms with Crippen molar-refractivity contribution in [3.8, 4) is 12.3 Å². The largest absolute Gasteiger partial charge is 0.377 e. The number of benzene rings is 2. The van der Waals surface area contributed by atoms with Gasteiger partial charge in [-0.05, 0) is 47.6 Å². The van der Waals surface area contributed by atoms with Crippen molar-refractivity contribution >= 4 is 33.9 Å². The molecule has 2 fully saturated rings. The molecular weight excluding hydrogens is 544 g/mol. The minimum atomic E-state index is -0.200. The van der Waals surface area contributed by atoms with Crippen LogP contribution in [0.5, 0.6) is 0 Å². The Morgan fingerprint density at radius 3 is 2.62 bits per heavy atom. The van der Waals surface area contributed by atoms with E-state index >= 15 is 0 Å². The Hall–Kier alpha value is -4.29. The number of fused-ring (bicyclic) bond motifs is 2. The van der Waals surface area contributed by atoms with Crippen LogP contribution in [0.4, 0.5) is 11.4 Å². The van der Waals surface area contributed by atoms with E-state index in [-0.39, 0.29) is 12.1 Å². The van der Waals surface area contributed by atoms with Crippen molar-refractivity contribution in [3.05, 3.63) is 107 Å². The summed E-state index contributed by atoms with van der Waals surface area (Å²) in [5.41, 5.74) is 13.1. The summed E-state index contributed by atoms with van der Waals surface area (Å²) in [5.74, 6) is 4.19. The molecule has 0 spiro atoms. The van der Waals surface area contributed by atoms with E-state index in [2.05, 4.69) is 97.3 Å². The number of hydrazine groups is 2. The van der Waals surface area contributed by atoms with Gasteiger partial charge in [0.05, 0.1) is 45.6 Å². The van der Waals surface area contributed by atoms with Gasteiger partial charge in [0.15, 0.2) is 0 Å². The molecule has 7 rings (SSSR count). The molecule has 9 heteroatoms. The number of anilines is 2. The lowest BCUT2D eigenvalue weighted by molar-refractivity contribution is 0.235. The number of pyridine rings is 2. The topological polar surface area (TPSA) is 89.2 Å². The molecule has 42 heavy (non-hydrogen) atoms. The summed E-state index contributed by atoms with van der Waals surface area (Å²) in [5, 5.41) is 14.5. The Labute approximate surface area is 250 Å². The summed E-state index contributed by atoms with van der Waals surface area (Å²) in [7, 11) is 0. The number of nitrogens with one attached hydrogen (secondary N) is 5. The van der Waals surface area contributed by atoms with Crippen LogP contribution in [0.2, 0.25) is 5.02 Å². The second-order valence-corrected chi connectivity index (χ2v) is 11.5. The third kappa shape index (κ3) is 4.90. The van der Waals surface area contributed by atoms with Crippen LogP contribution in [0.1, 0.15) is 42.1 Å². The van der Waals surface area contributed by atoms with Crippen molar-refractivity contribution in [2.45, 2.75) is 31.5 Å². The fourth-order valence-electron chi connectivity index (χ4n) is 6.39. The minimum Gasteiger partial charge on any atom is -0.377 e. The molecule has 1 unspecified atom stereocenters. The maximum absolute atomic E-state index is 6.88. The van der Waals surface area contributed by atoms with Crippen LogP contribution >= 0.6 is 11.6 Å². The third-order valence-electron chi connectivity index (χ3n) is 8.62. The number of hydrogen-bond acceptors (Lipinski definition) is 8. The van der Waals surface area contributed by atoms with Gasteiger partial charge in [-0.15, -0.1) is 12.0 Å². The van der Waals surface area contributed by atoms with Crippen LogP contribution in [0.3, 0.4) is 0 Å². The number of terminal acetylenes is 1. The first-order valence-corrected chi connectivity index (χ1v) is 14.8. The van der Waals surface area contributed by atoms with Gasteiger partial charge in [-0.25, -0.2) is 0 Å². The molecule has 5 atom stereocenters. The highest BCUT2D eigenvalue weighted by molar-refractivity contribution is 6.35. The molecule has 1 aliphatic carbocycles. The van der Waals surface area contributed by atoms with E-state index in [1.54, 1.807) is 12.4 Å². The molecule has 2 aromatic heterocycles. The molecule has 2 aromatic carbocycles. The van der Waals surface area contributed by atoms with Gasteiger partial charge < -0.3 is 21.4 Å². The fourth-order valence-corrected chi connectivity index (χ4v) is 6.66. The minimum absolute atomic E-state index is 0.0736. The Morgan fingerprint density at radius 1 is 1.07 bits per heavy atom. The predicted molar refractivity (Wildman–Crippen MR) is 168 cm³/mol. The first-order chi connectivity index (χ1) is 20.6. The molecule has 1 saturated heterocycles. The van der Waals surface area contributed by atoms with Crippen molar-refractivity contribution in [1.82, 2.24) is 31.3 Å². The molecule has 0 bridgehead atoms. The second-order valence-electron chi connectivity index (χ2n) is 11.1. The molecule has 4 heterocycles. The average Bonchev–Trinajstić information content (AvgIpc) is 3.34. The molecule has 8 nitrogen and oxygen atoms in total. The zero-order valence-electron chi connectivity index (χ0n) is 23.3. The summed E-state index contributed by atoms with van der Waals surface area (Å²) in [6.07, 6.45) is 14.4. The monoisotopic (exact) mass is 576 g/mol. The molecular formula is C33H33ClN8. The van der Waals surface area contributed by atoms with E-state index < -0.39 is 0 Å². The van der Waals surface area contributed by atoms with E-state index in [1.165, 1.54) is 5.56 Å². The maximum Gasteiger partial charge on any atom is 0.0959 e. The van der Waals surface area contributed by atoms with Crippen LogP contribution in [-0.2, 0) is 0 Å². The summed E-state index contributed by atoms with van der Waals surface area (Å²) in [6, 6.07) is 18.8. The molecule has 5 N–H and O–H groups in total. The molecule has 0 amide bonds. The Bertz CT molecular complexity index is 1660. The van der Waals surface area contributed by atoms with Crippen molar-refractivity contribution in [2.75, 3.05) is 23.7 Å². The fraction of sp³-hybridized carbons (Fsp3) is 0.273. The van der Waals surface area contributed by atoms with Gasteiger partial charge in [-0.1, -0.05) is 60.8 Å².